The van der Waals surface area contributed by atoms with Crippen LogP contribution in [0.1, 0.15) is 66.2 Å². The fourth-order valence-electron chi connectivity index (χ4n) is 5.51. The summed E-state index contributed by atoms with van der Waals surface area (Å²) < 4.78 is 0. The second-order valence-corrected chi connectivity index (χ2v) is 8.38. The molecular weight excluding hydrogens is 240 g/mol. The maximum atomic E-state index is 4.14. The Balaban J connectivity index is 1.99. The second kappa shape index (κ2) is 4.61. The summed E-state index contributed by atoms with van der Waals surface area (Å²) in [5.41, 5.74) is 5.44. The summed E-state index contributed by atoms with van der Waals surface area (Å²) in [5.74, 6) is 1.67. The van der Waals surface area contributed by atoms with Crippen molar-refractivity contribution in [3.63, 3.8) is 0 Å². The Morgan fingerprint density at radius 3 is 2.70 bits per heavy atom. The summed E-state index contributed by atoms with van der Waals surface area (Å²) in [6, 6.07) is 0. The van der Waals surface area contributed by atoms with Crippen molar-refractivity contribution in [1.82, 2.24) is 0 Å². The van der Waals surface area contributed by atoms with E-state index < -0.39 is 0 Å². The van der Waals surface area contributed by atoms with Crippen molar-refractivity contribution in [2.45, 2.75) is 66.2 Å². The Morgan fingerprint density at radius 1 is 1.25 bits per heavy atom. The third-order valence-corrected chi connectivity index (χ3v) is 6.66. The highest BCUT2D eigenvalue weighted by atomic mass is 14.6. The van der Waals surface area contributed by atoms with Gasteiger partial charge in [-0.15, -0.1) is 0 Å². The van der Waals surface area contributed by atoms with E-state index in [2.05, 4.69) is 46.4 Å². The first kappa shape index (κ1) is 14.2. The smallest absolute Gasteiger partial charge is 0.0105 e. The van der Waals surface area contributed by atoms with Crippen molar-refractivity contribution in [1.29, 1.82) is 0 Å². The van der Waals surface area contributed by atoms with E-state index in [1.54, 1.807) is 5.57 Å². The first-order chi connectivity index (χ1) is 9.34. The van der Waals surface area contributed by atoms with E-state index in [0.29, 0.717) is 10.8 Å². The third-order valence-electron chi connectivity index (χ3n) is 6.66. The van der Waals surface area contributed by atoms with Crippen molar-refractivity contribution < 1.29 is 0 Å². The molecule has 0 spiro atoms. The first-order valence-electron chi connectivity index (χ1n) is 8.41. The molecule has 0 aromatic heterocycles. The highest BCUT2D eigenvalue weighted by Gasteiger charge is 2.52. The fraction of sp³-hybridized carbons (Fsp3) is 0.700. The maximum absolute atomic E-state index is 4.14. The SMILES string of the molecule is C=C(C)C1=CC2=CCC3C(C)(C)CCCC3(C)C2CC1. The minimum absolute atomic E-state index is 0.521. The molecule has 0 amide bonds. The Hall–Kier alpha value is -0.780. The van der Waals surface area contributed by atoms with Gasteiger partial charge in [0.05, 0.1) is 0 Å². The normalized spacial score (nSPS) is 39.2. The van der Waals surface area contributed by atoms with Gasteiger partial charge in [-0.2, -0.15) is 0 Å². The number of fused-ring (bicyclic) bond motifs is 3. The van der Waals surface area contributed by atoms with Gasteiger partial charge in [0.15, 0.2) is 0 Å². The van der Waals surface area contributed by atoms with Crippen LogP contribution in [0.4, 0.5) is 0 Å². The van der Waals surface area contributed by atoms with E-state index in [0.717, 1.165) is 11.8 Å². The van der Waals surface area contributed by atoms with E-state index >= 15 is 0 Å². The molecule has 3 aliphatic rings. The van der Waals surface area contributed by atoms with Crippen molar-refractivity contribution >= 4 is 0 Å². The van der Waals surface area contributed by atoms with Gasteiger partial charge in [0.2, 0.25) is 0 Å². The molecule has 0 heterocycles. The number of hydrogen-bond acceptors (Lipinski definition) is 0. The summed E-state index contributed by atoms with van der Waals surface area (Å²) in [6.07, 6.45) is 13.2. The molecule has 0 aliphatic heterocycles. The zero-order valence-electron chi connectivity index (χ0n) is 13.8. The van der Waals surface area contributed by atoms with E-state index in [4.69, 9.17) is 0 Å². The lowest BCUT2D eigenvalue weighted by Gasteiger charge is -2.57. The summed E-state index contributed by atoms with van der Waals surface area (Å²) in [6.45, 7) is 13.9. The summed E-state index contributed by atoms with van der Waals surface area (Å²) in [7, 11) is 0. The van der Waals surface area contributed by atoms with Crippen LogP contribution in [0.3, 0.4) is 0 Å². The average Bonchev–Trinajstić information content (AvgIpc) is 2.37. The van der Waals surface area contributed by atoms with Crippen LogP contribution < -0.4 is 0 Å². The minimum Gasteiger partial charge on any atom is -0.0958 e. The van der Waals surface area contributed by atoms with Gasteiger partial charge in [-0.3, -0.25) is 0 Å². The molecule has 1 saturated carbocycles. The molecule has 110 valence electrons. The Kier molecular flexibility index (Phi) is 3.27. The standard InChI is InChI=1S/C20H30/c1-14(2)15-7-9-17-16(13-15)8-10-18-19(3,4)11-6-12-20(17,18)5/h8,13,17-18H,1,6-7,9-12H2,2-5H3. The average molecular weight is 270 g/mol. The Labute approximate surface area is 125 Å². The van der Waals surface area contributed by atoms with Crippen LogP contribution in [-0.2, 0) is 0 Å². The predicted octanol–water partition coefficient (Wildman–Crippen LogP) is 6.06. The lowest BCUT2D eigenvalue weighted by molar-refractivity contribution is -0.0387. The van der Waals surface area contributed by atoms with Gasteiger partial charge < -0.3 is 0 Å². The van der Waals surface area contributed by atoms with Gasteiger partial charge in [-0.05, 0) is 72.8 Å². The number of hydrogen-bond donors (Lipinski definition) is 0. The van der Waals surface area contributed by atoms with Crippen LogP contribution in [0.15, 0.2) is 35.5 Å². The molecule has 3 rings (SSSR count). The maximum Gasteiger partial charge on any atom is -0.0105 e. The largest absolute Gasteiger partial charge is 0.0958 e. The molecule has 3 aliphatic carbocycles. The molecule has 3 unspecified atom stereocenters. The van der Waals surface area contributed by atoms with Gasteiger partial charge in [-0.1, -0.05) is 51.5 Å². The molecule has 0 aromatic carbocycles. The molecule has 20 heavy (non-hydrogen) atoms. The van der Waals surface area contributed by atoms with Crippen molar-refractivity contribution in [2.75, 3.05) is 0 Å². The zero-order valence-corrected chi connectivity index (χ0v) is 13.8. The molecule has 0 aromatic rings. The quantitative estimate of drug-likeness (QED) is 0.543. The zero-order chi connectivity index (χ0) is 14.5. The van der Waals surface area contributed by atoms with Crippen molar-refractivity contribution in [3.8, 4) is 0 Å². The van der Waals surface area contributed by atoms with E-state index in [1.807, 2.05) is 0 Å². The molecule has 1 fully saturated rings. The minimum atomic E-state index is 0.521. The number of rotatable bonds is 1. The van der Waals surface area contributed by atoms with Crippen LogP contribution in [-0.4, -0.2) is 0 Å². The number of allylic oxidation sites excluding steroid dienone is 5. The van der Waals surface area contributed by atoms with Crippen LogP contribution in [0.5, 0.6) is 0 Å². The van der Waals surface area contributed by atoms with Crippen LogP contribution in [0, 0.1) is 22.7 Å². The van der Waals surface area contributed by atoms with Crippen LogP contribution in [0.25, 0.3) is 0 Å². The molecular formula is C20H30. The van der Waals surface area contributed by atoms with Crippen molar-refractivity contribution in [2.24, 2.45) is 22.7 Å². The highest BCUT2D eigenvalue weighted by molar-refractivity contribution is 5.41. The third kappa shape index (κ3) is 2.03. The molecule has 0 radical (unpaired) electrons. The molecule has 0 heteroatoms. The summed E-state index contributed by atoms with van der Waals surface area (Å²) in [4.78, 5) is 0. The molecule has 3 atom stereocenters. The fourth-order valence-corrected chi connectivity index (χ4v) is 5.51. The topological polar surface area (TPSA) is 0 Å². The Bertz CT molecular complexity index is 488. The Morgan fingerprint density at radius 2 is 2.00 bits per heavy atom. The van der Waals surface area contributed by atoms with E-state index in [9.17, 15) is 0 Å². The van der Waals surface area contributed by atoms with Crippen LogP contribution in [0.2, 0.25) is 0 Å². The highest BCUT2D eigenvalue weighted by Crippen LogP contribution is 2.61. The van der Waals surface area contributed by atoms with E-state index in [1.165, 1.54) is 49.7 Å². The van der Waals surface area contributed by atoms with Crippen molar-refractivity contribution in [3.05, 3.63) is 35.5 Å². The molecule has 0 N–H and O–H groups in total. The summed E-state index contributed by atoms with van der Waals surface area (Å²) >= 11 is 0. The van der Waals surface area contributed by atoms with Crippen LogP contribution >= 0.6 is 0 Å². The van der Waals surface area contributed by atoms with Gasteiger partial charge in [0.25, 0.3) is 0 Å². The van der Waals surface area contributed by atoms with E-state index in [-0.39, 0.29) is 0 Å². The summed E-state index contributed by atoms with van der Waals surface area (Å²) in [5, 5.41) is 0. The molecule has 0 bridgehead atoms. The second-order valence-electron chi connectivity index (χ2n) is 8.38. The first-order valence-corrected chi connectivity index (χ1v) is 8.41. The lowest BCUT2D eigenvalue weighted by Crippen LogP contribution is -2.49. The van der Waals surface area contributed by atoms with Gasteiger partial charge in [-0.25, -0.2) is 0 Å². The van der Waals surface area contributed by atoms with Gasteiger partial charge in [0, 0.05) is 0 Å². The molecule has 0 nitrogen and oxygen atoms in total. The monoisotopic (exact) mass is 270 g/mol. The van der Waals surface area contributed by atoms with Gasteiger partial charge >= 0.3 is 0 Å². The lowest BCUT2D eigenvalue weighted by atomic mass is 9.47. The molecule has 0 saturated heterocycles. The predicted molar refractivity (Wildman–Crippen MR) is 87.6 cm³/mol. The van der Waals surface area contributed by atoms with Gasteiger partial charge in [0.1, 0.15) is 0 Å².